The van der Waals surface area contributed by atoms with Crippen LogP contribution in [-0.4, -0.2) is 43.6 Å². The van der Waals surface area contributed by atoms with Gasteiger partial charge in [0, 0.05) is 31.7 Å². The van der Waals surface area contributed by atoms with E-state index in [0.717, 1.165) is 12.1 Å². The van der Waals surface area contributed by atoms with Crippen LogP contribution in [0.3, 0.4) is 0 Å². The molecule has 0 aromatic heterocycles. The van der Waals surface area contributed by atoms with Crippen molar-refractivity contribution in [2.45, 2.75) is 18.3 Å². The molecule has 0 radical (unpaired) electrons. The fourth-order valence-electron chi connectivity index (χ4n) is 2.21. The van der Waals surface area contributed by atoms with Gasteiger partial charge in [0.15, 0.2) is 0 Å². The Labute approximate surface area is 149 Å². The van der Waals surface area contributed by atoms with Crippen molar-refractivity contribution in [3.63, 3.8) is 0 Å². The number of nitrogens with one attached hydrogen (secondary N) is 2. The first-order valence-corrected chi connectivity index (χ1v) is 6.87. The van der Waals surface area contributed by atoms with Crippen LogP contribution in [0.2, 0.25) is 0 Å². The van der Waals surface area contributed by atoms with Crippen LogP contribution in [0.25, 0.3) is 0 Å². The molecule has 1 heterocycles. The molecule has 1 aromatic rings. The van der Waals surface area contributed by atoms with Gasteiger partial charge in [-0.3, -0.25) is 0 Å². The first-order chi connectivity index (χ1) is 10.3. The molecule has 0 bridgehead atoms. The monoisotopic (exact) mass is 394 g/mol. The van der Waals surface area contributed by atoms with Crippen molar-refractivity contribution in [1.29, 1.82) is 0 Å². The third-order valence-electron chi connectivity index (χ3n) is 3.39. The minimum atomic E-state index is -4.51. The Bertz CT molecular complexity index is 510. The molecule has 1 aliphatic heterocycles. The van der Waals surface area contributed by atoms with E-state index in [0.29, 0.717) is 25.8 Å². The van der Waals surface area contributed by atoms with Gasteiger partial charge < -0.3 is 20.5 Å². The molecule has 1 unspecified atom stereocenters. The van der Waals surface area contributed by atoms with E-state index < -0.39 is 23.2 Å². The summed E-state index contributed by atoms with van der Waals surface area (Å²) in [6.45, 7) is 1.46. The van der Waals surface area contributed by atoms with Gasteiger partial charge in [-0.25, -0.2) is 4.39 Å². The molecule has 24 heavy (non-hydrogen) atoms. The molecule has 140 valence electrons. The third-order valence-corrected chi connectivity index (χ3v) is 3.39. The molecule has 0 spiro atoms. The molecule has 3 N–H and O–H groups in total. The number of hydrogen-bond donors (Lipinski definition) is 3. The highest BCUT2D eigenvalue weighted by Gasteiger charge is 2.31. The predicted octanol–water partition coefficient (Wildman–Crippen LogP) is 2.13. The van der Waals surface area contributed by atoms with Crippen LogP contribution in [0.5, 0.6) is 0 Å². The van der Waals surface area contributed by atoms with E-state index in [-0.39, 0.29) is 50.1 Å². The highest BCUT2D eigenvalue weighted by molar-refractivity contribution is 5.85. The minimum absolute atomic E-state index is 0. The normalized spacial score (nSPS) is 21.4. The standard InChI is InChI=1S/C14H18F4N2O2.2ClH/c15-12-2-1-11(14(16,17)18)5-10(12)6-20-8-13(21)7-19-3-4-22-9-13;;/h1-2,5,19-21H,3-4,6-9H2;2*1H. The summed E-state index contributed by atoms with van der Waals surface area (Å²) in [5.74, 6) is -0.720. The number of aliphatic hydroxyl groups is 1. The number of β-amino-alcohol motifs (C(OH)–C–C–N with tert-alkyl or cyclic N) is 1. The van der Waals surface area contributed by atoms with Crippen molar-refractivity contribution in [2.75, 3.05) is 32.8 Å². The van der Waals surface area contributed by atoms with Crippen LogP contribution in [0.1, 0.15) is 11.1 Å². The second kappa shape index (κ2) is 9.74. The zero-order valence-corrected chi connectivity index (χ0v) is 14.3. The first-order valence-electron chi connectivity index (χ1n) is 6.87. The van der Waals surface area contributed by atoms with E-state index in [9.17, 15) is 22.7 Å². The number of halogens is 6. The van der Waals surface area contributed by atoms with Crippen molar-refractivity contribution in [1.82, 2.24) is 10.6 Å². The molecule has 0 aliphatic carbocycles. The van der Waals surface area contributed by atoms with E-state index in [4.69, 9.17) is 4.74 Å². The summed E-state index contributed by atoms with van der Waals surface area (Å²) in [5, 5.41) is 16.0. The Kier molecular flexibility index (Phi) is 9.48. The van der Waals surface area contributed by atoms with Gasteiger partial charge in [0.05, 0.1) is 18.8 Å². The van der Waals surface area contributed by atoms with Gasteiger partial charge in [0.25, 0.3) is 0 Å². The van der Waals surface area contributed by atoms with E-state index in [1.54, 1.807) is 0 Å². The van der Waals surface area contributed by atoms with Gasteiger partial charge in [-0.1, -0.05) is 0 Å². The highest BCUT2D eigenvalue weighted by Crippen LogP contribution is 2.30. The lowest BCUT2D eigenvalue weighted by atomic mass is 10.1. The smallest absolute Gasteiger partial charge is 0.385 e. The third kappa shape index (κ3) is 6.70. The van der Waals surface area contributed by atoms with Crippen LogP contribution in [-0.2, 0) is 17.5 Å². The fourth-order valence-corrected chi connectivity index (χ4v) is 2.21. The van der Waals surface area contributed by atoms with Crippen molar-refractivity contribution >= 4 is 24.8 Å². The number of alkyl halides is 3. The highest BCUT2D eigenvalue weighted by atomic mass is 35.5. The van der Waals surface area contributed by atoms with Gasteiger partial charge in [0.2, 0.25) is 0 Å². The Morgan fingerprint density at radius 2 is 2.00 bits per heavy atom. The number of hydrogen-bond acceptors (Lipinski definition) is 4. The molecule has 1 aromatic carbocycles. The lowest BCUT2D eigenvalue weighted by Crippen LogP contribution is -2.50. The molecule has 1 saturated heterocycles. The quantitative estimate of drug-likeness (QED) is 0.684. The summed E-state index contributed by atoms with van der Waals surface area (Å²) >= 11 is 0. The largest absolute Gasteiger partial charge is 0.416 e. The molecule has 4 nitrogen and oxygen atoms in total. The number of rotatable bonds is 4. The lowest BCUT2D eigenvalue weighted by Gasteiger charge is -2.26. The average molecular weight is 395 g/mol. The maximum Gasteiger partial charge on any atom is 0.416 e. The predicted molar refractivity (Wildman–Crippen MR) is 86.2 cm³/mol. The topological polar surface area (TPSA) is 53.5 Å². The molecule has 0 saturated carbocycles. The summed E-state index contributed by atoms with van der Waals surface area (Å²) in [7, 11) is 0. The van der Waals surface area contributed by atoms with Crippen molar-refractivity contribution < 1.29 is 27.4 Å². The molecular weight excluding hydrogens is 375 g/mol. The Balaban J connectivity index is 0.00000264. The summed E-state index contributed by atoms with van der Waals surface area (Å²) in [6, 6.07) is 2.27. The SMILES string of the molecule is Cl.Cl.OC1(CNCc2cc(C(F)(F)F)ccc2F)CNCCOC1. The minimum Gasteiger partial charge on any atom is -0.385 e. The van der Waals surface area contributed by atoms with Crippen molar-refractivity contribution in [2.24, 2.45) is 0 Å². The Morgan fingerprint density at radius 1 is 1.29 bits per heavy atom. The Hall–Kier alpha value is -0.640. The van der Waals surface area contributed by atoms with Crippen molar-refractivity contribution in [3.8, 4) is 0 Å². The summed E-state index contributed by atoms with van der Waals surface area (Å²) < 4.78 is 56.6. The zero-order chi connectivity index (χ0) is 16.2. The lowest BCUT2D eigenvalue weighted by molar-refractivity contribution is -0.137. The fraction of sp³-hybridized carbons (Fsp3) is 0.571. The van der Waals surface area contributed by atoms with E-state index in [2.05, 4.69) is 10.6 Å². The van der Waals surface area contributed by atoms with Gasteiger partial charge in [0.1, 0.15) is 11.4 Å². The summed E-state index contributed by atoms with van der Waals surface area (Å²) in [5.41, 5.74) is -2.17. The van der Waals surface area contributed by atoms with E-state index in [1.165, 1.54) is 0 Å². The zero-order valence-electron chi connectivity index (χ0n) is 12.7. The first kappa shape index (κ1) is 23.4. The van der Waals surface area contributed by atoms with Crippen LogP contribution in [0, 0.1) is 5.82 Å². The van der Waals surface area contributed by atoms with Gasteiger partial charge in [-0.2, -0.15) is 13.2 Å². The second-order valence-electron chi connectivity index (χ2n) is 5.36. The van der Waals surface area contributed by atoms with Gasteiger partial charge in [-0.15, -0.1) is 24.8 Å². The van der Waals surface area contributed by atoms with E-state index in [1.807, 2.05) is 0 Å². The van der Waals surface area contributed by atoms with Gasteiger partial charge in [-0.05, 0) is 18.2 Å². The molecule has 1 fully saturated rings. The maximum absolute atomic E-state index is 13.6. The van der Waals surface area contributed by atoms with Gasteiger partial charge >= 0.3 is 6.18 Å². The number of ether oxygens (including phenoxy) is 1. The Morgan fingerprint density at radius 3 is 2.67 bits per heavy atom. The summed E-state index contributed by atoms with van der Waals surface area (Å²) in [6.07, 6.45) is -4.51. The maximum atomic E-state index is 13.6. The molecule has 1 aliphatic rings. The number of benzene rings is 1. The van der Waals surface area contributed by atoms with Crippen LogP contribution < -0.4 is 10.6 Å². The van der Waals surface area contributed by atoms with Crippen LogP contribution >= 0.6 is 24.8 Å². The second-order valence-corrected chi connectivity index (χ2v) is 5.36. The molecule has 1 atom stereocenters. The molecule has 0 amide bonds. The van der Waals surface area contributed by atoms with Crippen molar-refractivity contribution in [3.05, 3.63) is 35.1 Å². The van der Waals surface area contributed by atoms with Crippen LogP contribution in [0.15, 0.2) is 18.2 Å². The molecular formula is C14H20Cl2F4N2O2. The molecule has 10 heteroatoms. The summed E-state index contributed by atoms with van der Waals surface area (Å²) in [4.78, 5) is 0. The average Bonchev–Trinajstić information content (AvgIpc) is 2.65. The molecule has 2 rings (SSSR count). The van der Waals surface area contributed by atoms with E-state index >= 15 is 0 Å². The van der Waals surface area contributed by atoms with Crippen LogP contribution in [0.4, 0.5) is 17.6 Å².